The van der Waals surface area contributed by atoms with E-state index in [4.69, 9.17) is 14.0 Å². The Labute approximate surface area is 121 Å². The summed E-state index contributed by atoms with van der Waals surface area (Å²) in [6.45, 7) is 1.72. The number of hydrogen-bond acceptors (Lipinski definition) is 7. The fraction of sp³-hybridized carbons (Fsp3) is 0.357. The van der Waals surface area contributed by atoms with Gasteiger partial charge in [-0.15, -0.1) is 0 Å². The van der Waals surface area contributed by atoms with Crippen molar-refractivity contribution in [2.45, 2.75) is 26.1 Å². The smallest absolute Gasteiger partial charge is 0.340 e. The fourth-order valence-corrected chi connectivity index (χ4v) is 1.63. The van der Waals surface area contributed by atoms with Crippen LogP contribution in [0, 0.1) is 0 Å². The molecule has 21 heavy (non-hydrogen) atoms. The molecule has 0 aliphatic rings. The van der Waals surface area contributed by atoms with Crippen LogP contribution in [0.25, 0.3) is 0 Å². The molecule has 2 aromatic rings. The second-order valence-electron chi connectivity index (χ2n) is 4.24. The summed E-state index contributed by atoms with van der Waals surface area (Å²) in [6.07, 6.45) is -0.740. The van der Waals surface area contributed by atoms with E-state index in [0.717, 1.165) is 0 Å². The zero-order valence-electron chi connectivity index (χ0n) is 11.8. The van der Waals surface area contributed by atoms with E-state index in [9.17, 15) is 9.90 Å². The number of hydrogen-bond donors (Lipinski definition) is 1. The van der Waals surface area contributed by atoms with Gasteiger partial charge in [0.25, 0.3) is 5.89 Å². The van der Waals surface area contributed by atoms with Gasteiger partial charge >= 0.3 is 5.97 Å². The van der Waals surface area contributed by atoms with Crippen molar-refractivity contribution >= 4 is 5.97 Å². The molecule has 0 fully saturated rings. The highest BCUT2D eigenvalue weighted by molar-refractivity contribution is 5.76. The fourth-order valence-electron chi connectivity index (χ4n) is 1.63. The number of aliphatic hydroxyl groups excluding tert-OH is 1. The average Bonchev–Trinajstić information content (AvgIpc) is 3.00. The number of nitrogens with zero attached hydrogens (tertiary/aromatic N) is 2. The van der Waals surface area contributed by atoms with Crippen LogP contribution in [0.1, 0.15) is 30.3 Å². The minimum atomic E-state index is -1.37. The minimum Gasteiger partial charge on any atom is -0.497 e. The van der Waals surface area contributed by atoms with Gasteiger partial charge in [0.1, 0.15) is 5.75 Å². The largest absolute Gasteiger partial charge is 0.497 e. The van der Waals surface area contributed by atoms with Crippen molar-refractivity contribution in [3.05, 3.63) is 41.5 Å². The molecule has 7 nitrogen and oxygen atoms in total. The second kappa shape index (κ2) is 6.85. The first-order valence-electron chi connectivity index (χ1n) is 6.44. The molecule has 0 saturated carbocycles. The van der Waals surface area contributed by atoms with E-state index in [2.05, 4.69) is 10.1 Å². The van der Waals surface area contributed by atoms with Crippen molar-refractivity contribution < 1.29 is 23.9 Å². The van der Waals surface area contributed by atoms with Crippen LogP contribution in [0.3, 0.4) is 0 Å². The van der Waals surface area contributed by atoms with Crippen LogP contribution in [0.2, 0.25) is 0 Å². The van der Waals surface area contributed by atoms with Gasteiger partial charge in [-0.05, 0) is 17.7 Å². The molecule has 1 unspecified atom stereocenters. The average molecular weight is 292 g/mol. The molecule has 0 aliphatic heterocycles. The van der Waals surface area contributed by atoms with Crippen molar-refractivity contribution in [3.63, 3.8) is 0 Å². The van der Waals surface area contributed by atoms with Gasteiger partial charge in [-0.25, -0.2) is 4.79 Å². The van der Waals surface area contributed by atoms with Gasteiger partial charge in [-0.2, -0.15) is 4.98 Å². The normalized spacial score (nSPS) is 12.0. The summed E-state index contributed by atoms with van der Waals surface area (Å²) in [5, 5.41) is 13.6. The highest BCUT2D eigenvalue weighted by Crippen LogP contribution is 2.19. The lowest BCUT2D eigenvalue weighted by Gasteiger charge is -2.10. The maximum atomic E-state index is 11.8. The Hall–Kier alpha value is -2.41. The van der Waals surface area contributed by atoms with E-state index < -0.39 is 12.1 Å². The maximum absolute atomic E-state index is 11.8. The number of esters is 1. The highest BCUT2D eigenvalue weighted by Gasteiger charge is 2.20. The Balaban J connectivity index is 1.92. The van der Waals surface area contributed by atoms with E-state index in [1.165, 1.54) is 7.11 Å². The first kappa shape index (κ1) is 15.0. The van der Waals surface area contributed by atoms with Gasteiger partial charge in [-0.1, -0.05) is 24.2 Å². The van der Waals surface area contributed by atoms with E-state index >= 15 is 0 Å². The number of aliphatic hydroxyl groups is 1. The third kappa shape index (κ3) is 3.79. The highest BCUT2D eigenvalue weighted by atomic mass is 16.6. The van der Waals surface area contributed by atoms with Crippen LogP contribution in [0.4, 0.5) is 0 Å². The number of aromatic nitrogens is 2. The Kier molecular flexibility index (Phi) is 4.89. The van der Waals surface area contributed by atoms with Gasteiger partial charge in [-0.3, -0.25) is 0 Å². The van der Waals surface area contributed by atoms with Gasteiger partial charge < -0.3 is 19.1 Å². The van der Waals surface area contributed by atoms with Crippen molar-refractivity contribution in [3.8, 4) is 5.75 Å². The lowest BCUT2D eigenvalue weighted by atomic mass is 10.1. The Bertz CT molecular complexity index is 594. The summed E-state index contributed by atoms with van der Waals surface area (Å²) in [6, 6.07) is 6.48. The molecule has 1 N–H and O–H groups in total. The molecule has 1 atom stereocenters. The Morgan fingerprint density at radius 3 is 2.67 bits per heavy atom. The molecular formula is C14H16N2O5. The molecule has 1 aromatic heterocycles. The molecule has 7 heteroatoms. The molecule has 0 bridgehead atoms. The molecule has 2 rings (SSSR count). The lowest BCUT2D eigenvalue weighted by molar-refractivity contribution is -0.156. The Morgan fingerprint density at radius 2 is 2.10 bits per heavy atom. The zero-order valence-corrected chi connectivity index (χ0v) is 11.8. The van der Waals surface area contributed by atoms with Crippen molar-refractivity contribution in [1.82, 2.24) is 10.1 Å². The third-order valence-corrected chi connectivity index (χ3v) is 2.82. The molecule has 0 saturated heterocycles. The Morgan fingerprint density at radius 1 is 1.38 bits per heavy atom. The minimum absolute atomic E-state index is 0.168. The van der Waals surface area contributed by atoms with Crippen LogP contribution in [-0.4, -0.2) is 28.3 Å². The standard InChI is InChI=1S/C14H16N2O5/c1-3-11-15-12(21-16-11)8-20-14(18)13(17)9-4-6-10(19-2)7-5-9/h4-7,13,17H,3,8H2,1-2H3. The van der Waals surface area contributed by atoms with E-state index in [1.807, 2.05) is 6.92 Å². The first-order chi connectivity index (χ1) is 10.1. The van der Waals surface area contributed by atoms with Crippen LogP contribution < -0.4 is 4.74 Å². The number of rotatable bonds is 6. The number of methoxy groups -OCH3 is 1. The van der Waals surface area contributed by atoms with Gasteiger partial charge in [0, 0.05) is 6.42 Å². The molecule has 0 radical (unpaired) electrons. The van der Waals surface area contributed by atoms with Crippen molar-refractivity contribution in [2.75, 3.05) is 7.11 Å². The monoisotopic (exact) mass is 292 g/mol. The van der Waals surface area contributed by atoms with Crippen LogP contribution in [0.5, 0.6) is 5.75 Å². The molecule has 1 heterocycles. The predicted octanol–water partition coefficient (Wildman–Crippen LogP) is 1.42. The zero-order chi connectivity index (χ0) is 15.2. The van der Waals surface area contributed by atoms with Crippen LogP contribution in [0.15, 0.2) is 28.8 Å². The molecule has 0 aliphatic carbocycles. The summed E-state index contributed by atoms with van der Waals surface area (Å²) in [4.78, 5) is 15.8. The number of aryl methyl sites for hydroxylation is 1. The molecular weight excluding hydrogens is 276 g/mol. The second-order valence-corrected chi connectivity index (χ2v) is 4.24. The maximum Gasteiger partial charge on any atom is 0.340 e. The van der Waals surface area contributed by atoms with E-state index in [1.54, 1.807) is 24.3 Å². The first-order valence-corrected chi connectivity index (χ1v) is 6.44. The van der Waals surface area contributed by atoms with Crippen LogP contribution >= 0.6 is 0 Å². The summed E-state index contributed by atoms with van der Waals surface area (Å²) < 4.78 is 14.8. The third-order valence-electron chi connectivity index (χ3n) is 2.82. The van der Waals surface area contributed by atoms with Crippen molar-refractivity contribution in [2.24, 2.45) is 0 Å². The van der Waals surface area contributed by atoms with Gasteiger partial charge in [0.2, 0.25) is 0 Å². The summed E-state index contributed by atoms with van der Waals surface area (Å²) in [7, 11) is 1.54. The summed E-state index contributed by atoms with van der Waals surface area (Å²) in [5.74, 6) is 0.590. The summed E-state index contributed by atoms with van der Waals surface area (Å²) >= 11 is 0. The SMILES string of the molecule is CCc1noc(COC(=O)C(O)c2ccc(OC)cc2)n1. The van der Waals surface area contributed by atoms with E-state index in [-0.39, 0.29) is 12.5 Å². The quantitative estimate of drug-likeness (QED) is 0.804. The van der Waals surface area contributed by atoms with Gasteiger partial charge in [0.15, 0.2) is 18.5 Å². The van der Waals surface area contributed by atoms with Crippen LogP contribution in [-0.2, 0) is 22.6 Å². The topological polar surface area (TPSA) is 94.7 Å². The molecule has 0 amide bonds. The van der Waals surface area contributed by atoms with Gasteiger partial charge in [0.05, 0.1) is 7.11 Å². The lowest BCUT2D eigenvalue weighted by Crippen LogP contribution is -2.15. The molecule has 112 valence electrons. The van der Waals surface area contributed by atoms with E-state index in [0.29, 0.717) is 23.6 Å². The summed E-state index contributed by atoms with van der Waals surface area (Å²) in [5.41, 5.74) is 0.417. The van der Waals surface area contributed by atoms with Crippen molar-refractivity contribution in [1.29, 1.82) is 0 Å². The number of carbonyl (C=O) groups is 1. The molecule has 0 spiro atoms. The number of benzene rings is 1. The number of ether oxygens (including phenoxy) is 2. The molecule has 1 aromatic carbocycles. The number of carbonyl (C=O) groups excluding carboxylic acids is 1. The predicted molar refractivity (Wildman–Crippen MR) is 71.4 cm³/mol.